The van der Waals surface area contributed by atoms with Gasteiger partial charge in [-0.05, 0) is 47.7 Å². The van der Waals surface area contributed by atoms with Crippen LogP contribution in [0.3, 0.4) is 0 Å². The average Bonchev–Trinajstić information content (AvgIpc) is 3.10. The van der Waals surface area contributed by atoms with Crippen LogP contribution in [0.15, 0.2) is 36.4 Å². The van der Waals surface area contributed by atoms with Gasteiger partial charge in [0.15, 0.2) is 5.82 Å². The third-order valence-corrected chi connectivity index (χ3v) is 4.21. The second kappa shape index (κ2) is 7.89. The Bertz CT molecular complexity index is 732. The second-order valence-electron chi connectivity index (χ2n) is 5.81. The van der Waals surface area contributed by atoms with Crippen molar-refractivity contribution in [3.05, 3.63) is 42.2 Å². The van der Waals surface area contributed by atoms with E-state index in [1.54, 1.807) is 23.9 Å². The number of tetrazole rings is 1. The summed E-state index contributed by atoms with van der Waals surface area (Å²) < 4.78 is 6.91. The number of aromatic nitrogens is 4. The van der Waals surface area contributed by atoms with Crippen LogP contribution in [0.4, 0.5) is 0 Å². The monoisotopic (exact) mass is 342 g/mol. The molecule has 0 N–H and O–H groups in total. The van der Waals surface area contributed by atoms with Crippen LogP contribution < -0.4 is 4.74 Å². The summed E-state index contributed by atoms with van der Waals surface area (Å²) in [5, 5.41) is 12.0. The summed E-state index contributed by atoms with van der Waals surface area (Å²) >= 11 is 0. The smallest absolute Gasteiger partial charge is 0.246 e. The fourth-order valence-corrected chi connectivity index (χ4v) is 2.80. The molecule has 1 aromatic heterocycles. The van der Waals surface area contributed by atoms with Gasteiger partial charge in [0.1, 0.15) is 5.75 Å². The van der Waals surface area contributed by atoms with E-state index in [-0.39, 0.29) is 5.91 Å². The quantitative estimate of drug-likeness (QED) is 0.751. The SMILES string of the molecule is C/C=C\C(=O)N1CCN(Cc2nnnn2-c2ccc(OC)cc2)CC1. The third kappa shape index (κ3) is 4.03. The number of benzene rings is 1. The minimum atomic E-state index is 0.0743. The number of nitrogens with zero attached hydrogens (tertiary/aromatic N) is 6. The number of carbonyl (C=O) groups is 1. The van der Waals surface area contributed by atoms with E-state index in [1.165, 1.54) is 0 Å². The predicted octanol–water partition coefficient (Wildman–Crippen LogP) is 0.891. The zero-order valence-electron chi connectivity index (χ0n) is 14.5. The number of piperazine rings is 1. The minimum absolute atomic E-state index is 0.0743. The Balaban J connectivity index is 1.63. The van der Waals surface area contributed by atoms with Gasteiger partial charge in [-0.3, -0.25) is 9.69 Å². The van der Waals surface area contributed by atoms with Crippen LogP contribution in [-0.2, 0) is 11.3 Å². The largest absolute Gasteiger partial charge is 0.497 e. The fourth-order valence-electron chi connectivity index (χ4n) is 2.80. The number of amides is 1. The molecular formula is C17H22N6O2. The Morgan fingerprint density at radius 3 is 2.56 bits per heavy atom. The van der Waals surface area contributed by atoms with Crippen LogP contribution in [0.1, 0.15) is 12.7 Å². The summed E-state index contributed by atoms with van der Waals surface area (Å²) in [6.45, 7) is 5.54. The Hall–Kier alpha value is -2.74. The molecule has 2 heterocycles. The molecule has 1 fully saturated rings. The van der Waals surface area contributed by atoms with Crippen molar-refractivity contribution < 1.29 is 9.53 Å². The molecule has 0 unspecified atom stereocenters. The highest BCUT2D eigenvalue weighted by Crippen LogP contribution is 2.16. The summed E-state index contributed by atoms with van der Waals surface area (Å²) in [5.74, 6) is 1.64. The van der Waals surface area contributed by atoms with Crippen molar-refractivity contribution in [2.45, 2.75) is 13.5 Å². The van der Waals surface area contributed by atoms with E-state index in [9.17, 15) is 4.79 Å². The molecule has 0 aliphatic carbocycles. The average molecular weight is 342 g/mol. The Morgan fingerprint density at radius 1 is 1.20 bits per heavy atom. The third-order valence-electron chi connectivity index (χ3n) is 4.21. The molecule has 1 aliphatic rings. The molecule has 3 rings (SSSR count). The summed E-state index contributed by atoms with van der Waals surface area (Å²) in [6.07, 6.45) is 3.39. The summed E-state index contributed by atoms with van der Waals surface area (Å²) in [6, 6.07) is 7.61. The molecule has 1 aliphatic heterocycles. The number of methoxy groups -OCH3 is 1. The normalized spacial score (nSPS) is 15.7. The van der Waals surface area contributed by atoms with Crippen molar-refractivity contribution in [1.82, 2.24) is 30.0 Å². The van der Waals surface area contributed by atoms with Gasteiger partial charge in [0.25, 0.3) is 0 Å². The molecular weight excluding hydrogens is 320 g/mol. The Morgan fingerprint density at radius 2 is 1.92 bits per heavy atom. The number of carbonyl (C=O) groups excluding carboxylic acids is 1. The number of rotatable bonds is 5. The molecule has 1 aromatic carbocycles. The summed E-state index contributed by atoms with van der Waals surface area (Å²) in [7, 11) is 1.64. The highest BCUT2D eigenvalue weighted by molar-refractivity contribution is 5.87. The van der Waals surface area contributed by atoms with Crippen molar-refractivity contribution in [3.63, 3.8) is 0 Å². The molecule has 25 heavy (non-hydrogen) atoms. The first kappa shape index (κ1) is 17.1. The van der Waals surface area contributed by atoms with E-state index in [0.717, 1.165) is 30.4 Å². The van der Waals surface area contributed by atoms with Gasteiger partial charge in [0.2, 0.25) is 5.91 Å². The van der Waals surface area contributed by atoms with E-state index in [1.807, 2.05) is 36.1 Å². The van der Waals surface area contributed by atoms with Crippen molar-refractivity contribution in [3.8, 4) is 11.4 Å². The lowest BCUT2D eigenvalue weighted by Gasteiger charge is -2.33. The minimum Gasteiger partial charge on any atom is -0.497 e. The van der Waals surface area contributed by atoms with E-state index in [4.69, 9.17) is 4.74 Å². The first-order valence-electron chi connectivity index (χ1n) is 8.27. The van der Waals surface area contributed by atoms with Crippen LogP contribution in [0, 0.1) is 0 Å². The molecule has 0 bridgehead atoms. The van der Waals surface area contributed by atoms with Crippen molar-refractivity contribution in [2.24, 2.45) is 0 Å². The molecule has 1 saturated heterocycles. The number of hydrogen-bond acceptors (Lipinski definition) is 6. The van der Waals surface area contributed by atoms with Crippen molar-refractivity contribution in [2.75, 3.05) is 33.3 Å². The molecule has 8 heteroatoms. The molecule has 0 saturated carbocycles. The zero-order valence-corrected chi connectivity index (χ0v) is 14.5. The van der Waals surface area contributed by atoms with Crippen LogP contribution >= 0.6 is 0 Å². The molecule has 8 nitrogen and oxygen atoms in total. The summed E-state index contributed by atoms with van der Waals surface area (Å²) in [4.78, 5) is 16.0. The second-order valence-corrected chi connectivity index (χ2v) is 5.81. The van der Waals surface area contributed by atoms with Crippen molar-refractivity contribution in [1.29, 1.82) is 0 Å². The highest BCUT2D eigenvalue weighted by Gasteiger charge is 2.21. The van der Waals surface area contributed by atoms with Gasteiger partial charge in [-0.15, -0.1) is 5.10 Å². The number of allylic oxidation sites excluding steroid dienone is 1. The maximum Gasteiger partial charge on any atom is 0.246 e. The maximum absolute atomic E-state index is 11.9. The molecule has 2 aromatic rings. The predicted molar refractivity (Wildman–Crippen MR) is 92.4 cm³/mol. The van der Waals surface area contributed by atoms with Crippen LogP contribution in [0.2, 0.25) is 0 Å². The highest BCUT2D eigenvalue weighted by atomic mass is 16.5. The lowest BCUT2D eigenvalue weighted by Crippen LogP contribution is -2.48. The maximum atomic E-state index is 11.9. The molecule has 1 amide bonds. The van der Waals surface area contributed by atoms with Gasteiger partial charge in [0.05, 0.1) is 19.3 Å². The zero-order chi connectivity index (χ0) is 17.6. The molecule has 0 atom stereocenters. The number of ether oxygens (including phenoxy) is 1. The van der Waals surface area contributed by atoms with Gasteiger partial charge in [-0.2, -0.15) is 4.68 Å². The summed E-state index contributed by atoms with van der Waals surface area (Å²) in [5.41, 5.74) is 0.891. The molecule has 0 radical (unpaired) electrons. The molecule has 0 spiro atoms. The standard InChI is InChI=1S/C17H22N6O2/c1-3-4-17(24)22-11-9-21(10-12-22)13-16-18-19-20-23(16)14-5-7-15(25-2)8-6-14/h3-8H,9-13H2,1-2H3/b4-3-. The lowest BCUT2D eigenvalue weighted by atomic mass is 10.3. The first-order chi connectivity index (χ1) is 12.2. The van der Waals surface area contributed by atoms with Gasteiger partial charge in [0, 0.05) is 26.2 Å². The van der Waals surface area contributed by atoms with Crippen LogP contribution in [-0.4, -0.2) is 69.2 Å². The Kier molecular flexibility index (Phi) is 5.39. The first-order valence-corrected chi connectivity index (χ1v) is 8.27. The number of hydrogen-bond donors (Lipinski definition) is 0. The van der Waals surface area contributed by atoms with Gasteiger partial charge >= 0.3 is 0 Å². The van der Waals surface area contributed by atoms with E-state index < -0.39 is 0 Å². The lowest BCUT2D eigenvalue weighted by molar-refractivity contribution is -0.127. The molecule has 132 valence electrons. The van der Waals surface area contributed by atoms with Crippen molar-refractivity contribution >= 4 is 5.91 Å². The van der Waals surface area contributed by atoms with Gasteiger partial charge in [-0.1, -0.05) is 6.08 Å². The van der Waals surface area contributed by atoms with Crippen LogP contribution in [0.25, 0.3) is 5.69 Å². The van der Waals surface area contributed by atoms with Crippen LogP contribution in [0.5, 0.6) is 5.75 Å². The van der Waals surface area contributed by atoms with Gasteiger partial charge in [-0.25, -0.2) is 0 Å². The Labute approximate surface area is 146 Å². The fraction of sp³-hybridized carbons (Fsp3) is 0.412. The van der Waals surface area contributed by atoms with Gasteiger partial charge < -0.3 is 9.64 Å². The van der Waals surface area contributed by atoms with E-state index in [0.29, 0.717) is 19.6 Å². The topological polar surface area (TPSA) is 76.4 Å². The van der Waals surface area contributed by atoms with E-state index >= 15 is 0 Å². The van der Waals surface area contributed by atoms with E-state index in [2.05, 4.69) is 20.4 Å².